The first-order chi connectivity index (χ1) is 18.1. The van der Waals surface area contributed by atoms with E-state index in [0.717, 1.165) is 57.4 Å². The van der Waals surface area contributed by atoms with Crippen LogP contribution in [0.4, 0.5) is 0 Å². The van der Waals surface area contributed by atoms with Crippen LogP contribution in [0, 0.1) is 0 Å². The summed E-state index contributed by atoms with van der Waals surface area (Å²) in [5.74, 6) is 0. The topological polar surface area (TPSA) is 93.9 Å². The molecule has 37 heavy (non-hydrogen) atoms. The number of nitrogens with zero attached hydrogens (tertiary/aromatic N) is 2. The minimum Gasteiger partial charge on any atom is -0.370 e. The summed E-state index contributed by atoms with van der Waals surface area (Å²) in [6.07, 6.45) is 6.65. The maximum absolute atomic E-state index is 11.6. The molecule has 1 fully saturated rings. The highest BCUT2D eigenvalue weighted by atomic mass is 16.5. The Labute approximate surface area is 215 Å². The third-order valence-corrected chi connectivity index (χ3v) is 7.24. The molecule has 5 aromatic rings. The summed E-state index contributed by atoms with van der Waals surface area (Å²) < 4.78 is 5.94. The third-order valence-electron chi connectivity index (χ3n) is 7.24. The average molecular weight is 489 g/mol. The molecule has 184 valence electrons. The van der Waals surface area contributed by atoms with Gasteiger partial charge in [-0.2, -0.15) is 0 Å². The second kappa shape index (κ2) is 9.73. The summed E-state index contributed by atoms with van der Waals surface area (Å²) in [4.78, 5) is 23.9. The Bertz CT molecular complexity index is 1610. The highest BCUT2D eigenvalue weighted by Crippen LogP contribution is 2.40. The molecule has 0 unspecified atom stereocenters. The molecule has 2 aromatic carbocycles. The molecule has 1 saturated carbocycles. The van der Waals surface area contributed by atoms with Crippen LogP contribution >= 0.6 is 0 Å². The van der Waals surface area contributed by atoms with E-state index in [4.69, 9.17) is 15.5 Å². The fourth-order valence-electron chi connectivity index (χ4n) is 4.98. The molecule has 3 aromatic heterocycles. The van der Waals surface area contributed by atoms with Gasteiger partial charge in [-0.3, -0.25) is 9.78 Å². The van der Waals surface area contributed by atoms with Crippen LogP contribution in [0.1, 0.15) is 36.1 Å². The van der Waals surface area contributed by atoms with Gasteiger partial charge < -0.3 is 15.5 Å². The molecule has 0 spiro atoms. The summed E-state index contributed by atoms with van der Waals surface area (Å²) in [7, 11) is 0. The van der Waals surface area contributed by atoms with Crippen LogP contribution in [-0.2, 0) is 23.5 Å². The number of H-pyrrole nitrogens is 1. The summed E-state index contributed by atoms with van der Waals surface area (Å²) in [6, 6.07) is 26.3. The highest BCUT2D eigenvalue weighted by molar-refractivity contribution is 5.92. The first-order valence-electron chi connectivity index (χ1n) is 12.6. The number of hydrogen-bond acceptors (Lipinski definition) is 5. The number of benzene rings is 2. The Morgan fingerprint density at radius 1 is 0.919 bits per heavy atom. The molecule has 6 rings (SSSR count). The second-order valence-electron chi connectivity index (χ2n) is 9.72. The number of nitrogens with two attached hydrogens (primary N) is 1. The number of aromatic amines is 1. The van der Waals surface area contributed by atoms with Crippen LogP contribution in [0.3, 0.4) is 0 Å². The maximum atomic E-state index is 11.6. The smallest absolute Gasteiger partial charge is 0.248 e. The molecular formula is C31H28N4O2. The van der Waals surface area contributed by atoms with Crippen molar-refractivity contribution in [3.63, 3.8) is 0 Å². The van der Waals surface area contributed by atoms with Crippen molar-refractivity contribution >= 4 is 10.9 Å². The number of pyridine rings is 3. The monoisotopic (exact) mass is 488 g/mol. The van der Waals surface area contributed by atoms with Gasteiger partial charge in [-0.05, 0) is 54.2 Å². The predicted molar refractivity (Wildman–Crippen MR) is 146 cm³/mol. The van der Waals surface area contributed by atoms with Gasteiger partial charge in [0.05, 0.1) is 30.1 Å². The van der Waals surface area contributed by atoms with Gasteiger partial charge in [0.1, 0.15) is 0 Å². The van der Waals surface area contributed by atoms with Gasteiger partial charge in [-0.25, -0.2) is 4.98 Å². The SMILES string of the molecule is NC1(c2ccc(-c3nc4ccnc(COCc5cc[nH]c(=O)c5)c4cc3-c3ccccc3)cc2)CCC1. The lowest BCUT2D eigenvalue weighted by Crippen LogP contribution is -2.43. The standard InChI is InChI=1S/C31H28N4O2/c32-31(13-4-14-31)24-9-7-23(8-10-24)30-25(22-5-2-1-3-6-22)18-26-27(35-30)12-16-33-28(26)20-37-19-21-11-15-34-29(36)17-21/h1-3,5-12,15-18H,4,13-14,19-20,32H2,(H,34,36). The van der Waals surface area contributed by atoms with Crippen molar-refractivity contribution in [1.29, 1.82) is 0 Å². The lowest BCUT2D eigenvalue weighted by molar-refractivity contribution is 0.105. The number of hydrogen-bond donors (Lipinski definition) is 2. The molecular weight excluding hydrogens is 460 g/mol. The van der Waals surface area contributed by atoms with Crippen LogP contribution in [0.15, 0.2) is 96.1 Å². The van der Waals surface area contributed by atoms with Crippen molar-refractivity contribution in [2.75, 3.05) is 0 Å². The van der Waals surface area contributed by atoms with E-state index in [1.54, 1.807) is 18.5 Å². The van der Waals surface area contributed by atoms with E-state index in [1.807, 2.05) is 30.3 Å². The van der Waals surface area contributed by atoms with E-state index in [0.29, 0.717) is 13.2 Å². The van der Waals surface area contributed by atoms with E-state index in [9.17, 15) is 4.79 Å². The van der Waals surface area contributed by atoms with Crippen LogP contribution in [0.5, 0.6) is 0 Å². The average Bonchev–Trinajstić information content (AvgIpc) is 2.92. The molecule has 6 heteroatoms. The molecule has 0 aliphatic heterocycles. The van der Waals surface area contributed by atoms with Crippen molar-refractivity contribution in [3.8, 4) is 22.4 Å². The minimum atomic E-state index is -0.189. The summed E-state index contributed by atoms with van der Waals surface area (Å²) in [6.45, 7) is 0.640. The van der Waals surface area contributed by atoms with E-state index in [2.05, 4.69) is 52.4 Å². The quantitative estimate of drug-likeness (QED) is 0.306. The number of nitrogens with one attached hydrogen (secondary N) is 1. The lowest BCUT2D eigenvalue weighted by Gasteiger charge is -2.38. The van der Waals surface area contributed by atoms with Crippen LogP contribution < -0.4 is 11.3 Å². The fourth-order valence-corrected chi connectivity index (χ4v) is 4.98. The van der Waals surface area contributed by atoms with Crippen molar-refractivity contribution < 1.29 is 4.74 Å². The molecule has 1 aliphatic rings. The zero-order valence-corrected chi connectivity index (χ0v) is 20.5. The highest BCUT2D eigenvalue weighted by Gasteiger charge is 2.34. The normalized spacial score (nSPS) is 14.4. The third kappa shape index (κ3) is 4.69. The number of rotatable bonds is 7. The molecule has 0 radical (unpaired) electrons. The van der Waals surface area contributed by atoms with Gasteiger partial charge in [0.25, 0.3) is 0 Å². The fraction of sp³-hybridized carbons (Fsp3) is 0.194. The van der Waals surface area contributed by atoms with Gasteiger partial charge in [0.2, 0.25) is 5.56 Å². The Morgan fingerprint density at radius 3 is 2.46 bits per heavy atom. The van der Waals surface area contributed by atoms with Crippen molar-refractivity contribution in [2.24, 2.45) is 5.73 Å². The molecule has 0 bridgehead atoms. The first kappa shape index (κ1) is 23.3. The van der Waals surface area contributed by atoms with Crippen molar-refractivity contribution in [3.05, 3.63) is 118 Å². The minimum absolute atomic E-state index is 0.143. The van der Waals surface area contributed by atoms with Gasteiger partial charge in [0, 0.05) is 40.5 Å². The molecule has 6 nitrogen and oxygen atoms in total. The zero-order chi connectivity index (χ0) is 25.2. The summed E-state index contributed by atoms with van der Waals surface area (Å²) in [5, 5.41) is 0.947. The second-order valence-corrected chi connectivity index (χ2v) is 9.72. The summed E-state index contributed by atoms with van der Waals surface area (Å²) >= 11 is 0. The molecule has 0 amide bonds. The Balaban J connectivity index is 1.38. The Hall–Kier alpha value is -4.13. The van der Waals surface area contributed by atoms with E-state index in [-0.39, 0.29) is 11.1 Å². The van der Waals surface area contributed by atoms with Gasteiger partial charge >= 0.3 is 0 Å². The Kier molecular flexibility index (Phi) is 6.12. The molecule has 0 saturated heterocycles. The molecule has 0 atom stereocenters. The van der Waals surface area contributed by atoms with Crippen molar-refractivity contribution in [2.45, 2.75) is 38.0 Å². The molecule has 1 aliphatic carbocycles. The van der Waals surface area contributed by atoms with Gasteiger partial charge in [0.15, 0.2) is 0 Å². The van der Waals surface area contributed by atoms with Crippen LogP contribution in [-0.4, -0.2) is 15.0 Å². The molecule has 3 heterocycles. The van der Waals surface area contributed by atoms with E-state index >= 15 is 0 Å². The lowest BCUT2D eigenvalue weighted by atomic mass is 9.72. The van der Waals surface area contributed by atoms with Crippen LogP contribution in [0.2, 0.25) is 0 Å². The first-order valence-corrected chi connectivity index (χ1v) is 12.6. The number of fused-ring (bicyclic) bond motifs is 1. The van der Waals surface area contributed by atoms with Gasteiger partial charge in [-0.15, -0.1) is 0 Å². The van der Waals surface area contributed by atoms with E-state index < -0.39 is 0 Å². The summed E-state index contributed by atoms with van der Waals surface area (Å²) in [5.41, 5.74) is 14.0. The van der Waals surface area contributed by atoms with Gasteiger partial charge in [-0.1, -0.05) is 54.6 Å². The van der Waals surface area contributed by atoms with E-state index in [1.165, 1.54) is 12.0 Å². The largest absolute Gasteiger partial charge is 0.370 e. The number of ether oxygens (including phenoxy) is 1. The maximum Gasteiger partial charge on any atom is 0.248 e. The Morgan fingerprint density at radius 2 is 1.73 bits per heavy atom. The zero-order valence-electron chi connectivity index (χ0n) is 20.5. The number of aromatic nitrogens is 3. The predicted octanol–water partition coefficient (Wildman–Crippen LogP) is 5.71. The molecule has 3 N–H and O–H groups in total. The van der Waals surface area contributed by atoms with Crippen molar-refractivity contribution in [1.82, 2.24) is 15.0 Å². The van der Waals surface area contributed by atoms with Crippen LogP contribution in [0.25, 0.3) is 33.3 Å².